The summed E-state index contributed by atoms with van der Waals surface area (Å²) in [6, 6.07) is 13.4. The van der Waals surface area contributed by atoms with Crippen molar-refractivity contribution < 1.29 is 4.74 Å². The van der Waals surface area contributed by atoms with Gasteiger partial charge in [-0.3, -0.25) is 0 Å². The summed E-state index contributed by atoms with van der Waals surface area (Å²) in [7, 11) is 0. The summed E-state index contributed by atoms with van der Waals surface area (Å²) in [5.41, 5.74) is 9.54. The van der Waals surface area contributed by atoms with Crippen molar-refractivity contribution in [2.45, 2.75) is 59.3 Å². The Hall–Kier alpha value is -2.28. The van der Waals surface area contributed by atoms with Crippen molar-refractivity contribution in [3.8, 4) is 16.9 Å². The van der Waals surface area contributed by atoms with Gasteiger partial charge in [0.1, 0.15) is 5.75 Å². The van der Waals surface area contributed by atoms with Gasteiger partial charge in [0, 0.05) is 6.42 Å². The van der Waals surface area contributed by atoms with E-state index >= 15 is 0 Å². The molecule has 1 heteroatoms. The number of aryl methyl sites for hydroxylation is 3. The summed E-state index contributed by atoms with van der Waals surface area (Å²) < 4.78 is 6.16. The first-order chi connectivity index (χ1) is 13.1. The van der Waals surface area contributed by atoms with Crippen molar-refractivity contribution in [1.29, 1.82) is 0 Å². The van der Waals surface area contributed by atoms with Gasteiger partial charge in [-0.25, -0.2) is 0 Å². The molecule has 2 aromatic carbocycles. The molecule has 1 nitrogen and oxygen atoms in total. The molecule has 0 bridgehead atoms. The van der Waals surface area contributed by atoms with E-state index in [1.54, 1.807) is 0 Å². The fourth-order valence-electron chi connectivity index (χ4n) is 3.81. The van der Waals surface area contributed by atoms with Gasteiger partial charge in [-0.15, -0.1) is 0 Å². The summed E-state index contributed by atoms with van der Waals surface area (Å²) >= 11 is 0. The van der Waals surface area contributed by atoms with Crippen molar-refractivity contribution in [1.82, 2.24) is 0 Å². The molecule has 0 unspecified atom stereocenters. The summed E-state index contributed by atoms with van der Waals surface area (Å²) in [6.07, 6.45) is 8.72. The minimum absolute atomic E-state index is 0.759. The monoisotopic (exact) mass is 360 g/mol. The summed E-state index contributed by atoms with van der Waals surface area (Å²) in [6.45, 7) is 11.4. The van der Waals surface area contributed by atoms with Crippen molar-refractivity contribution in [2.75, 3.05) is 6.61 Å². The predicted molar refractivity (Wildman–Crippen MR) is 117 cm³/mol. The summed E-state index contributed by atoms with van der Waals surface area (Å²) in [5.74, 6) is 1.03. The molecule has 1 aliphatic carbocycles. The quantitative estimate of drug-likeness (QED) is 0.473. The Morgan fingerprint density at radius 1 is 0.963 bits per heavy atom. The zero-order chi connectivity index (χ0) is 19.2. The van der Waals surface area contributed by atoms with Crippen LogP contribution in [0.3, 0.4) is 0 Å². The van der Waals surface area contributed by atoms with Gasteiger partial charge in [0.05, 0.1) is 6.61 Å². The second-order valence-electron chi connectivity index (χ2n) is 7.61. The van der Waals surface area contributed by atoms with Gasteiger partial charge in [0.15, 0.2) is 0 Å². The molecule has 2 aromatic rings. The molecule has 0 fully saturated rings. The molecule has 0 atom stereocenters. The predicted octanol–water partition coefficient (Wildman–Crippen LogP) is 7.22. The SMILES string of the molecule is C=C1CC=C(CCOc2ccc(-c3ccc(C)cc3CC)cc2CC)CC1. The normalized spacial score (nSPS) is 14.2. The van der Waals surface area contributed by atoms with E-state index < -0.39 is 0 Å². The van der Waals surface area contributed by atoms with Crippen LogP contribution in [0.15, 0.2) is 60.2 Å². The van der Waals surface area contributed by atoms with E-state index in [4.69, 9.17) is 4.74 Å². The summed E-state index contributed by atoms with van der Waals surface area (Å²) in [5, 5.41) is 0. The minimum atomic E-state index is 0.759. The number of benzene rings is 2. The zero-order valence-electron chi connectivity index (χ0n) is 17.1. The molecular formula is C26H32O. The molecule has 0 saturated heterocycles. The zero-order valence-corrected chi connectivity index (χ0v) is 17.1. The third-order valence-electron chi connectivity index (χ3n) is 5.55. The van der Waals surface area contributed by atoms with Crippen LogP contribution in [0.4, 0.5) is 0 Å². The Morgan fingerprint density at radius 3 is 2.48 bits per heavy atom. The molecule has 0 N–H and O–H groups in total. The van der Waals surface area contributed by atoms with Crippen LogP contribution < -0.4 is 4.74 Å². The maximum atomic E-state index is 6.16. The largest absolute Gasteiger partial charge is 0.493 e. The van der Waals surface area contributed by atoms with Gasteiger partial charge in [-0.05, 0) is 73.4 Å². The average Bonchev–Trinajstić information content (AvgIpc) is 2.69. The Kier molecular flexibility index (Phi) is 6.55. The van der Waals surface area contributed by atoms with Gasteiger partial charge in [-0.1, -0.05) is 67.5 Å². The Balaban J connectivity index is 1.72. The molecule has 0 radical (unpaired) electrons. The second kappa shape index (κ2) is 9.08. The molecule has 0 aliphatic heterocycles. The maximum Gasteiger partial charge on any atom is 0.122 e. The van der Waals surface area contributed by atoms with E-state index in [1.165, 1.54) is 39.0 Å². The van der Waals surface area contributed by atoms with E-state index in [0.29, 0.717) is 0 Å². The van der Waals surface area contributed by atoms with Crippen LogP contribution in [0, 0.1) is 6.92 Å². The van der Waals surface area contributed by atoms with Crippen LogP contribution in [0.2, 0.25) is 0 Å². The highest BCUT2D eigenvalue weighted by Gasteiger charge is 2.10. The third kappa shape index (κ3) is 4.91. The smallest absolute Gasteiger partial charge is 0.122 e. The van der Waals surface area contributed by atoms with E-state index in [1.807, 2.05) is 0 Å². The second-order valence-corrected chi connectivity index (χ2v) is 7.61. The lowest BCUT2D eigenvalue weighted by atomic mass is 9.94. The van der Waals surface area contributed by atoms with Gasteiger partial charge in [-0.2, -0.15) is 0 Å². The lowest BCUT2D eigenvalue weighted by Crippen LogP contribution is -2.04. The molecular weight excluding hydrogens is 328 g/mol. The van der Waals surface area contributed by atoms with Crippen molar-refractivity contribution in [3.05, 3.63) is 76.9 Å². The van der Waals surface area contributed by atoms with Crippen molar-refractivity contribution >= 4 is 0 Å². The molecule has 0 aromatic heterocycles. The maximum absolute atomic E-state index is 6.16. The molecule has 3 rings (SSSR count). The average molecular weight is 361 g/mol. The number of hydrogen-bond donors (Lipinski definition) is 0. The molecule has 1 aliphatic rings. The van der Waals surface area contributed by atoms with Gasteiger partial charge < -0.3 is 4.74 Å². The molecule has 0 spiro atoms. The Bertz CT molecular complexity index is 841. The van der Waals surface area contributed by atoms with E-state index in [0.717, 1.165) is 50.9 Å². The fourth-order valence-corrected chi connectivity index (χ4v) is 3.81. The Labute approximate surface area is 164 Å². The highest BCUT2D eigenvalue weighted by molar-refractivity contribution is 5.69. The van der Waals surface area contributed by atoms with Crippen LogP contribution >= 0.6 is 0 Å². The molecule has 0 saturated carbocycles. The van der Waals surface area contributed by atoms with E-state index in [-0.39, 0.29) is 0 Å². The highest BCUT2D eigenvalue weighted by atomic mass is 16.5. The first-order valence-electron chi connectivity index (χ1n) is 10.3. The van der Waals surface area contributed by atoms with Crippen LogP contribution in [0.1, 0.15) is 56.2 Å². The van der Waals surface area contributed by atoms with E-state index in [9.17, 15) is 0 Å². The number of rotatable bonds is 7. The molecule has 0 amide bonds. The van der Waals surface area contributed by atoms with Crippen LogP contribution in [-0.2, 0) is 12.8 Å². The molecule has 142 valence electrons. The first-order valence-corrected chi connectivity index (χ1v) is 10.3. The lowest BCUT2D eigenvalue weighted by molar-refractivity contribution is 0.316. The van der Waals surface area contributed by atoms with Crippen LogP contribution in [0.25, 0.3) is 11.1 Å². The Morgan fingerprint density at radius 2 is 1.78 bits per heavy atom. The highest BCUT2D eigenvalue weighted by Crippen LogP contribution is 2.31. The lowest BCUT2D eigenvalue weighted by Gasteiger charge is -2.17. The number of ether oxygens (including phenoxy) is 1. The number of allylic oxidation sites excluding steroid dienone is 2. The topological polar surface area (TPSA) is 9.23 Å². The first kappa shape index (κ1) is 19.5. The van der Waals surface area contributed by atoms with Crippen LogP contribution in [0.5, 0.6) is 5.75 Å². The summed E-state index contributed by atoms with van der Waals surface area (Å²) in [4.78, 5) is 0. The van der Waals surface area contributed by atoms with Gasteiger partial charge >= 0.3 is 0 Å². The number of hydrogen-bond acceptors (Lipinski definition) is 1. The van der Waals surface area contributed by atoms with Gasteiger partial charge in [0.25, 0.3) is 0 Å². The molecule has 0 heterocycles. The standard InChI is InChI=1S/C26H32O/c1-5-22-17-20(4)9-13-25(22)24-12-14-26(23(6-2)18-24)27-16-15-21-10-7-19(3)8-11-21/h9-10,12-14,17-18H,3,5-8,11,15-16H2,1-2,4H3. The molecule has 27 heavy (non-hydrogen) atoms. The van der Waals surface area contributed by atoms with Crippen molar-refractivity contribution in [3.63, 3.8) is 0 Å². The van der Waals surface area contributed by atoms with Crippen molar-refractivity contribution in [2.24, 2.45) is 0 Å². The van der Waals surface area contributed by atoms with Gasteiger partial charge in [0.2, 0.25) is 0 Å². The third-order valence-corrected chi connectivity index (χ3v) is 5.55. The minimum Gasteiger partial charge on any atom is -0.493 e. The fraction of sp³-hybridized carbons (Fsp3) is 0.385. The van der Waals surface area contributed by atoms with Crippen LogP contribution in [-0.4, -0.2) is 6.61 Å². The van der Waals surface area contributed by atoms with E-state index in [2.05, 4.69) is 69.8 Å².